The Morgan fingerprint density at radius 1 is 1.13 bits per heavy atom. The van der Waals surface area contributed by atoms with E-state index in [2.05, 4.69) is 43.9 Å². The molecule has 1 aliphatic rings. The number of aryl methyl sites for hydroxylation is 2. The molecule has 0 spiro atoms. The van der Waals surface area contributed by atoms with Crippen LogP contribution in [-0.4, -0.2) is 33.7 Å². The Labute approximate surface area is 185 Å². The quantitative estimate of drug-likeness (QED) is 0.459. The average molecular weight is 436 g/mol. The summed E-state index contributed by atoms with van der Waals surface area (Å²) in [6.07, 6.45) is 4.26. The Morgan fingerprint density at radius 2 is 1.94 bits per heavy atom. The molecule has 1 atom stereocenters. The molecule has 1 aliphatic heterocycles. The number of nitrogens with zero attached hydrogens (tertiary/aromatic N) is 4. The molecule has 31 heavy (non-hydrogen) atoms. The molecule has 8 heteroatoms. The van der Waals surface area contributed by atoms with Crippen LogP contribution in [-0.2, 0) is 13.0 Å². The minimum absolute atomic E-state index is 0.0883. The van der Waals surface area contributed by atoms with Gasteiger partial charge in [0.05, 0.1) is 42.5 Å². The largest absolute Gasteiger partial charge is 0.493 e. The molecule has 0 bridgehead atoms. The van der Waals surface area contributed by atoms with Gasteiger partial charge < -0.3 is 19.4 Å². The molecule has 0 radical (unpaired) electrons. The highest BCUT2D eigenvalue weighted by molar-refractivity contribution is 7.15. The topological polar surface area (TPSA) is 74.1 Å². The van der Waals surface area contributed by atoms with Crippen molar-refractivity contribution in [2.45, 2.75) is 39.3 Å². The summed E-state index contributed by atoms with van der Waals surface area (Å²) in [5, 5.41) is 4.49. The van der Waals surface area contributed by atoms with Crippen LogP contribution in [0.2, 0.25) is 0 Å². The second-order valence-electron chi connectivity index (χ2n) is 7.73. The van der Waals surface area contributed by atoms with Crippen LogP contribution < -0.4 is 14.8 Å². The number of benzene rings is 1. The van der Waals surface area contributed by atoms with Crippen molar-refractivity contribution in [3.8, 4) is 22.1 Å². The van der Waals surface area contributed by atoms with E-state index >= 15 is 0 Å². The smallest absolute Gasteiger partial charge is 0.162 e. The Morgan fingerprint density at radius 3 is 2.74 bits per heavy atom. The van der Waals surface area contributed by atoms with Crippen molar-refractivity contribution >= 4 is 28.1 Å². The van der Waals surface area contributed by atoms with Crippen molar-refractivity contribution in [2.75, 3.05) is 19.5 Å². The molecule has 1 aromatic carbocycles. The zero-order chi connectivity index (χ0) is 21.5. The van der Waals surface area contributed by atoms with E-state index in [1.165, 1.54) is 27.7 Å². The first-order valence-corrected chi connectivity index (χ1v) is 11.2. The highest BCUT2D eigenvalue weighted by Crippen LogP contribution is 2.37. The molecule has 1 unspecified atom stereocenters. The molecule has 0 fully saturated rings. The van der Waals surface area contributed by atoms with Crippen LogP contribution in [0.1, 0.15) is 35.9 Å². The molecule has 3 aromatic heterocycles. The highest BCUT2D eigenvalue weighted by atomic mass is 32.1. The maximum atomic E-state index is 5.49. The maximum absolute atomic E-state index is 5.49. The fourth-order valence-corrected chi connectivity index (χ4v) is 5.17. The van der Waals surface area contributed by atoms with Crippen molar-refractivity contribution in [3.63, 3.8) is 0 Å². The number of rotatable bonds is 6. The van der Waals surface area contributed by atoms with E-state index in [4.69, 9.17) is 9.47 Å². The molecule has 0 saturated carbocycles. The third-order valence-corrected chi connectivity index (χ3v) is 6.98. The Bertz CT molecular complexity index is 1260. The number of thiophene rings is 1. The number of anilines is 1. The van der Waals surface area contributed by atoms with E-state index in [1.807, 2.05) is 25.3 Å². The van der Waals surface area contributed by atoms with Crippen molar-refractivity contribution in [1.82, 2.24) is 19.5 Å². The van der Waals surface area contributed by atoms with Crippen LogP contribution in [0, 0.1) is 6.92 Å². The van der Waals surface area contributed by atoms with Gasteiger partial charge in [-0.1, -0.05) is 0 Å². The van der Waals surface area contributed by atoms with Crippen LogP contribution in [0.4, 0.5) is 5.82 Å². The molecule has 0 aliphatic carbocycles. The number of hydrogen-bond acceptors (Lipinski definition) is 7. The third kappa shape index (κ3) is 3.50. The zero-order valence-corrected chi connectivity index (χ0v) is 18.9. The molecule has 4 heterocycles. The zero-order valence-electron chi connectivity index (χ0n) is 18.1. The number of fused-ring (bicyclic) bond motifs is 2. The fourth-order valence-electron chi connectivity index (χ4n) is 4.14. The molecule has 1 N–H and O–H groups in total. The van der Waals surface area contributed by atoms with Gasteiger partial charge in [-0.3, -0.25) is 0 Å². The van der Waals surface area contributed by atoms with Gasteiger partial charge in [-0.2, -0.15) is 0 Å². The lowest BCUT2D eigenvalue weighted by atomic mass is 10.2. The molecule has 7 nitrogen and oxygen atoms in total. The van der Waals surface area contributed by atoms with Gasteiger partial charge in [0.15, 0.2) is 11.5 Å². The van der Waals surface area contributed by atoms with Crippen LogP contribution >= 0.6 is 11.3 Å². The molecule has 5 rings (SSSR count). The lowest BCUT2D eigenvalue weighted by molar-refractivity contribution is 0.356. The molecule has 4 aromatic rings. The van der Waals surface area contributed by atoms with Crippen molar-refractivity contribution in [2.24, 2.45) is 0 Å². The van der Waals surface area contributed by atoms with Gasteiger partial charge in [-0.15, -0.1) is 11.3 Å². The van der Waals surface area contributed by atoms with Gasteiger partial charge in [0, 0.05) is 29.3 Å². The number of imidazole rings is 1. The summed E-state index contributed by atoms with van der Waals surface area (Å²) in [6, 6.07) is 8.29. The van der Waals surface area contributed by atoms with E-state index in [0.29, 0.717) is 17.3 Å². The van der Waals surface area contributed by atoms with Gasteiger partial charge in [0.2, 0.25) is 0 Å². The van der Waals surface area contributed by atoms with Gasteiger partial charge >= 0.3 is 0 Å². The summed E-state index contributed by atoms with van der Waals surface area (Å²) in [5.41, 5.74) is 2.04. The van der Waals surface area contributed by atoms with Crippen LogP contribution in [0.5, 0.6) is 11.5 Å². The fraction of sp³-hybridized carbons (Fsp3) is 0.348. The van der Waals surface area contributed by atoms with Crippen molar-refractivity contribution < 1.29 is 9.47 Å². The SMILES string of the molecule is COc1cc2nc(C)nc(NC(C)c3ccc(-c4cnc5n4CCC5)s3)c2cc1OC. The van der Waals surface area contributed by atoms with Gasteiger partial charge in [-0.25, -0.2) is 15.0 Å². The highest BCUT2D eigenvalue weighted by Gasteiger charge is 2.20. The lowest BCUT2D eigenvalue weighted by Crippen LogP contribution is -2.08. The van der Waals surface area contributed by atoms with Crippen LogP contribution in [0.25, 0.3) is 21.5 Å². The molecule has 0 saturated heterocycles. The monoisotopic (exact) mass is 435 g/mol. The van der Waals surface area contributed by atoms with Gasteiger partial charge in [0.25, 0.3) is 0 Å². The number of methoxy groups -OCH3 is 2. The minimum Gasteiger partial charge on any atom is -0.493 e. The van der Waals surface area contributed by atoms with Gasteiger partial charge in [0.1, 0.15) is 17.5 Å². The molecular weight excluding hydrogens is 410 g/mol. The van der Waals surface area contributed by atoms with E-state index in [9.17, 15) is 0 Å². The normalized spacial score (nSPS) is 13.9. The predicted molar refractivity (Wildman–Crippen MR) is 123 cm³/mol. The summed E-state index contributed by atoms with van der Waals surface area (Å²) in [5.74, 6) is 4.00. The number of nitrogens with one attached hydrogen (secondary N) is 1. The first-order valence-electron chi connectivity index (χ1n) is 10.4. The standard InChI is InChI=1S/C23H25N5O2S/c1-13(20-7-8-21(31-20)17-12-24-22-6-5-9-28(17)22)25-23-15-10-18(29-3)19(30-4)11-16(15)26-14(2)27-23/h7-8,10-13H,5-6,9H2,1-4H3,(H,25,26,27). The minimum atomic E-state index is 0.0883. The Hall–Kier alpha value is -3.13. The van der Waals surface area contributed by atoms with Crippen molar-refractivity contribution in [3.05, 3.63) is 47.0 Å². The van der Waals surface area contributed by atoms with Gasteiger partial charge in [-0.05, 0) is 38.5 Å². The van der Waals surface area contributed by atoms with Crippen LogP contribution in [0.3, 0.4) is 0 Å². The summed E-state index contributed by atoms with van der Waals surface area (Å²) < 4.78 is 13.3. The number of aromatic nitrogens is 4. The average Bonchev–Trinajstić information content (AvgIpc) is 3.49. The number of ether oxygens (including phenoxy) is 2. The predicted octanol–water partition coefficient (Wildman–Crippen LogP) is 5.00. The number of hydrogen-bond donors (Lipinski definition) is 1. The second-order valence-corrected chi connectivity index (χ2v) is 8.84. The van der Waals surface area contributed by atoms with E-state index in [-0.39, 0.29) is 6.04 Å². The third-order valence-electron chi connectivity index (χ3n) is 5.69. The van der Waals surface area contributed by atoms with E-state index in [0.717, 1.165) is 29.7 Å². The molecule has 160 valence electrons. The van der Waals surface area contributed by atoms with E-state index in [1.54, 1.807) is 25.6 Å². The summed E-state index contributed by atoms with van der Waals surface area (Å²) in [7, 11) is 3.26. The summed E-state index contributed by atoms with van der Waals surface area (Å²) >= 11 is 1.80. The summed E-state index contributed by atoms with van der Waals surface area (Å²) in [6.45, 7) is 5.11. The Kier molecular flexibility index (Phi) is 5.02. The lowest BCUT2D eigenvalue weighted by Gasteiger charge is -2.16. The first-order chi connectivity index (χ1) is 15.1. The molecular formula is C23H25N5O2S. The van der Waals surface area contributed by atoms with Crippen LogP contribution in [0.15, 0.2) is 30.5 Å². The second kappa shape index (κ2) is 7.85. The Balaban J connectivity index is 1.46. The first kappa shape index (κ1) is 19.8. The maximum Gasteiger partial charge on any atom is 0.162 e. The molecule has 0 amide bonds. The van der Waals surface area contributed by atoms with E-state index < -0.39 is 0 Å². The summed E-state index contributed by atoms with van der Waals surface area (Å²) in [4.78, 5) is 16.3. The van der Waals surface area contributed by atoms with Crippen molar-refractivity contribution in [1.29, 1.82) is 0 Å².